The number of carboxylic acids is 1. The second kappa shape index (κ2) is 4.11. The molecular weight excluding hydrogens is 212 g/mol. The lowest BCUT2D eigenvalue weighted by atomic mass is 10.1. The summed E-state index contributed by atoms with van der Waals surface area (Å²) in [6, 6.07) is -0.789. The predicted molar refractivity (Wildman–Crippen MR) is 53.4 cm³/mol. The molecule has 1 heterocycles. The number of aliphatic carboxylic acids is 1. The molecule has 0 aromatic rings. The van der Waals surface area contributed by atoms with E-state index >= 15 is 0 Å². The largest absolute Gasteiger partial charge is 0.480 e. The topological polar surface area (TPSA) is 95.5 Å². The van der Waals surface area contributed by atoms with Gasteiger partial charge in [-0.1, -0.05) is 0 Å². The summed E-state index contributed by atoms with van der Waals surface area (Å²) >= 11 is 0. The predicted octanol–water partition coefficient (Wildman–Crippen LogP) is -0.898. The van der Waals surface area contributed by atoms with Gasteiger partial charge in [0.05, 0.1) is 5.92 Å². The Labute approximate surface area is 92.4 Å². The molecule has 2 unspecified atom stereocenters. The minimum absolute atomic E-state index is 0.0616. The fraction of sp³-hybridized carbons (Fsp3) is 0.700. The molecule has 88 valence electrons. The Bertz CT molecular complexity index is 338. The van der Waals surface area contributed by atoms with Crippen molar-refractivity contribution in [2.24, 2.45) is 11.8 Å². The molecule has 2 atom stereocenters. The quantitative estimate of drug-likeness (QED) is 0.579. The molecule has 2 aliphatic rings. The second-order valence-electron chi connectivity index (χ2n) is 4.37. The van der Waals surface area contributed by atoms with Crippen LogP contribution in [0.3, 0.4) is 0 Å². The molecule has 3 N–H and O–H groups in total. The van der Waals surface area contributed by atoms with Crippen LogP contribution in [-0.4, -0.2) is 35.5 Å². The normalized spacial score (nSPS) is 26.0. The van der Waals surface area contributed by atoms with Crippen molar-refractivity contribution in [2.45, 2.75) is 25.3 Å². The first-order valence-electron chi connectivity index (χ1n) is 5.38. The molecule has 2 amide bonds. The average molecular weight is 226 g/mol. The summed E-state index contributed by atoms with van der Waals surface area (Å²) in [5, 5.41) is 14.0. The summed E-state index contributed by atoms with van der Waals surface area (Å²) in [7, 11) is 0. The highest BCUT2D eigenvalue weighted by atomic mass is 16.4. The number of carboxylic acid groups (broad SMARTS) is 1. The van der Waals surface area contributed by atoms with Gasteiger partial charge in [-0.2, -0.15) is 0 Å². The first-order valence-corrected chi connectivity index (χ1v) is 5.38. The van der Waals surface area contributed by atoms with Crippen LogP contribution < -0.4 is 10.6 Å². The third kappa shape index (κ3) is 2.32. The highest BCUT2D eigenvalue weighted by molar-refractivity contribution is 5.91. The molecule has 1 aliphatic carbocycles. The highest BCUT2D eigenvalue weighted by Crippen LogP contribution is 2.33. The van der Waals surface area contributed by atoms with Gasteiger partial charge in [-0.3, -0.25) is 9.59 Å². The lowest BCUT2D eigenvalue weighted by Gasteiger charge is -2.15. The Hall–Kier alpha value is -1.59. The van der Waals surface area contributed by atoms with Crippen molar-refractivity contribution in [3.05, 3.63) is 0 Å². The Kier molecular flexibility index (Phi) is 2.80. The van der Waals surface area contributed by atoms with Crippen molar-refractivity contribution in [1.82, 2.24) is 10.6 Å². The zero-order chi connectivity index (χ0) is 11.7. The van der Waals surface area contributed by atoms with Crippen molar-refractivity contribution in [3.63, 3.8) is 0 Å². The summed E-state index contributed by atoms with van der Waals surface area (Å²) in [6.45, 7) is 0.307. The Balaban J connectivity index is 1.90. The number of amides is 2. The Morgan fingerprint density at radius 1 is 1.44 bits per heavy atom. The molecule has 2 fully saturated rings. The van der Waals surface area contributed by atoms with E-state index in [4.69, 9.17) is 5.11 Å². The van der Waals surface area contributed by atoms with Crippen LogP contribution >= 0.6 is 0 Å². The van der Waals surface area contributed by atoms with E-state index in [-0.39, 0.29) is 24.2 Å². The minimum Gasteiger partial charge on any atom is -0.480 e. The van der Waals surface area contributed by atoms with Crippen molar-refractivity contribution >= 4 is 17.8 Å². The van der Waals surface area contributed by atoms with E-state index in [9.17, 15) is 14.4 Å². The number of hydrogen-bond acceptors (Lipinski definition) is 3. The molecule has 1 aliphatic heterocycles. The van der Waals surface area contributed by atoms with Crippen molar-refractivity contribution in [3.8, 4) is 0 Å². The fourth-order valence-electron chi connectivity index (χ4n) is 1.87. The van der Waals surface area contributed by atoms with Gasteiger partial charge in [-0.05, 0) is 18.8 Å². The van der Waals surface area contributed by atoms with E-state index in [0.29, 0.717) is 6.54 Å². The summed E-state index contributed by atoms with van der Waals surface area (Å²) in [5.74, 6) is -1.84. The van der Waals surface area contributed by atoms with Gasteiger partial charge in [0.1, 0.15) is 6.04 Å². The average Bonchev–Trinajstić information content (AvgIpc) is 2.96. The third-order valence-electron chi connectivity index (χ3n) is 3.01. The molecule has 1 saturated carbocycles. The van der Waals surface area contributed by atoms with Gasteiger partial charge in [0, 0.05) is 13.0 Å². The summed E-state index contributed by atoms with van der Waals surface area (Å²) in [5.41, 5.74) is 0. The number of carbonyl (C=O) groups excluding carboxylic acids is 2. The van der Waals surface area contributed by atoms with E-state index < -0.39 is 17.9 Å². The SMILES string of the molecule is O=C1CC(C(=O)NC(C(=O)O)C2CC2)CN1. The van der Waals surface area contributed by atoms with Gasteiger partial charge >= 0.3 is 5.97 Å². The van der Waals surface area contributed by atoms with Gasteiger partial charge in [0.25, 0.3) is 0 Å². The number of carbonyl (C=O) groups is 3. The first-order chi connectivity index (χ1) is 7.58. The lowest BCUT2D eigenvalue weighted by Crippen LogP contribution is -2.45. The van der Waals surface area contributed by atoms with Gasteiger partial charge in [-0.15, -0.1) is 0 Å². The van der Waals surface area contributed by atoms with Crippen LogP contribution in [0.5, 0.6) is 0 Å². The monoisotopic (exact) mass is 226 g/mol. The zero-order valence-electron chi connectivity index (χ0n) is 8.73. The van der Waals surface area contributed by atoms with E-state index in [0.717, 1.165) is 12.8 Å². The molecule has 6 nitrogen and oxygen atoms in total. The molecule has 0 aromatic heterocycles. The maximum Gasteiger partial charge on any atom is 0.326 e. The van der Waals surface area contributed by atoms with E-state index in [1.807, 2.05) is 0 Å². The molecule has 16 heavy (non-hydrogen) atoms. The molecule has 0 aromatic carbocycles. The summed E-state index contributed by atoms with van der Waals surface area (Å²) in [6.07, 6.45) is 1.85. The molecule has 6 heteroatoms. The van der Waals surface area contributed by atoms with Crippen LogP contribution in [0.1, 0.15) is 19.3 Å². The van der Waals surface area contributed by atoms with Gasteiger partial charge < -0.3 is 15.7 Å². The number of rotatable bonds is 4. The van der Waals surface area contributed by atoms with Crippen molar-refractivity contribution < 1.29 is 19.5 Å². The van der Waals surface area contributed by atoms with Crippen LogP contribution in [0.2, 0.25) is 0 Å². The molecule has 0 spiro atoms. The smallest absolute Gasteiger partial charge is 0.326 e. The fourth-order valence-corrected chi connectivity index (χ4v) is 1.87. The van der Waals surface area contributed by atoms with E-state index in [1.54, 1.807) is 0 Å². The van der Waals surface area contributed by atoms with Crippen LogP contribution in [-0.2, 0) is 14.4 Å². The van der Waals surface area contributed by atoms with Crippen LogP contribution in [0.25, 0.3) is 0 Å². The van der Waals surface area contributed by atoms with Gasteiger partial charge in [0.15, 0.2) is 0 Å². The maximum atomic E-state index is 11.7. The number of nitrogens with one attached hydrogen (secondary N) is 2. The third-order valence-corrected chi connectivity index (χ3v) is 3.01. The molecule has 0 bridgehead atoms. The van der Waals surface area contributed by atoms with Gasteiger partial charge in [0.2, 0.25) is 11.8 Å². The molecule has 1 saturated heterocycles. The molecular formula is C10H14N2O4. The van der Waals surface area contributed by atoms with Crippen molar-refractivity contribution in [1.29, 1.82) is 0 Å². The van der Waals surface area contributed by atoms with E-state index in [1.165, 1.54) is 0 Å². The van der Waals surface area contributed by atoms with E-state index in [2.05, 4.69) is 10.6 Å². The van der Waals surface area contributed by atoms with Crippen LogP contribution in [0.4, 0.5) is 0 Å². The zero-order valence-corrected chi connectivity index (χ0v) is 8.73. The summed E-state index contributed by atoms with van der Waals surface area (Å²) in [4.78, 5) is 33.5. The standard InChI is InChI=1S/C10H14N2O4/c13-7-3-6(4-11-7)9(14)12-8(10(15)16)5-1-2-5/h5-6,8H,1-4H2,(H,11,13)(H,12,14)(H,15,16). The molecule has 0 radical (unpaired) electrons. The highest BCUT2D eigenvalue weighted by Gasteiger charge is 2.39. The lowest BCUT2D eigenvalue weighted by molar-refractivity contribution is -0.143. The van der Waals surface area contributed by atoms with Crippen molar-refractivity contribution in [2.75, 3.05) is 6.54 Å². The Morgan fingerprint density at radius 2 is 2.12 bits per heavy atom. The van der Waals surface area contributed by atoms with Crippen LogP contribution in [0, 0.1) is 11.8 Å². The minimum atomic E-state index is -0.992. The maximum absolute atomic E-state index is 11.7. The Morgan fingerprint density at radius 3 is 2.56 bits per heavy atom. The van der Waals surface area contributed by atoms with Crippen LogP contribution in [0.15, 0.2) is 0 Å². The second-order valence-corrected chi connectivity index (χ2v) is 4.37. The first kappa shape index (κ1) is 10.9. The summed E-state index contributed by atoms with van der Waals surface area (Å²) < 4.78 is 0. The molecule has 2 rings (SSSR count). The number of hydrogen-bond donors (Lipinski definition) is 3. The van der Waals surface area contributed by atoms with Gasteiger partial charge in [-0.25, -0.2) is 4.79 Å².